The van der Waals surface area contributed by atoms with Crippen molar-refractivity contribution in [2.75, 3.05) is 26.8 Å². The molecule has 8 heteroatoms. The third-order valence-electron chi connectivity index (χ3n) is 5.56. The molecule has 0 saturated carbocycles. The number of rotatable bonds is 5. The zero-order chi connectivity index (χ0) is 20.4. The van der Waals surface area contributed by atoms with Crippen molar-refractivity contribution in [2.45, 2.75) is 32.4 Å². The van der Waals surface area contributed by atoms with Gasteiger partial charge in [0, 0.05) is 38.8 Å². The van der Waals surface area contributed by atoms with E-state index < -0.39 is 0 Å². The molecule has 0 N–H and O–H groups in total. The number of imidazole rings is 1. The Morgan fingerprint density at radius 1 is 1.31 bits per heavy atom. The molecule has 0 aliphatic carbocycles. The topological polar surface area (TPSA) is 82.2 Å². The molecule has 0 aromatic carbocycles. The fourth-order valence-corrected chi connectivity index (χ4v) is 4.04. The fraction of sp³-hybridized carbons (Fsp3) is 0.429. The highest BCUT2D eigenvalue weighted by atomic mass is 16.5. The summed E-state index contributed by atoms with van der Waals surface area (Å²) in [5.41, 5.74) is 2.86. The lowest BCUT2D eigenvalue weighted by Crippen LogP contribution is -2.43. The third-order valence-corrected chi connectivity index (χ3v) is 5.56. The number of carbonyl (C=O) groups excluding carboxylic acids is 1. The molecule has 0 radical (unpaired) electrons. The number of piperidine rings is 1. The van der Waals surface area contributed by atoms with Crippen molar-refractivity contribution in [1.82, 2.24) is 24.0 Å². The van der Waals surface area contributed by atoms with Crippen LogP contribution in [-0.2, 0) is 11.3 Å². The second kappa shape index (κ2) is 8.16. The number of aromatic nitrogens is 4. The molecule has 152 valence electrons. The van der Waals surface area contributed by atoms with Crippen LogP contribution in [0.3, 0.4) is 0 Å². The molecule has 1 fully saturated rings. The van der Waals surface area contributed by atoms with Gasteiger partial charge in [0.2, 0.25) is 0 Å². The SMILES string of the molecule is COCCn1c(=O)n([C@H]2CCCN(C(=O)c3cnccc3C)C2)c2ncccc21. The Hall–Kier alpha value is -3.00. The summed E-state index contributed by atoms with van der Waals surface area (Å²) < 4.78 is 8.62. The molecule has 1 atom stereocenters. The second-order valence-electron chi connectivity index (χ2n) is 7.38. The van der Waals surface area contributed by atoms with E-state index in [1.54, 1.807) is 34.8 Å². The van der Waals surface area contributed by atoms with Crippen LogP contribution in [0.2, 0.25) is 0 Å². The third kappa shape index (κ3) is 3.55. The number of fused-ring (bicyclic) bond motifs is 1. The molecule has 4 heterocycles. The molecule has 1 amide bonds. The van der Waals surface area contributed by atoms with Gasteiger partial charge >= 0.3 is 5.69 Å². The quantitative estimate of drug-likeness (QED) is 0.660. The first kappa shape index (κ1) is 19.3. The zero-order valence-electron chi connectivity index (χ0n) is 16.7. The first-order valence-corrected chi connectivity index (χ1v) is 9.86. The Labute approximate surface area is 168 Å². The van der Waals surface area contributed by atoms with E-state index in [9.17, 15) is 9.59 Å². The minimum absolute atomic E-state index is 0.0376. The number of ether oxygens (including phenoxy) is 1. The van der Waals surface area contributed by atoms with Gasteiger partial charge in [0.1, 0.15) is 0 Å². The molecule has 1 aliphatic heterocycles. The predicted octanol–water partition coefficient (Wildman–Crippen LogP) is 2.03. The first-order chi connectivity index (χ1) is 14.1. The molecule has 29 heavy (non-hydrogen) atoms. The van der Waals surface area contributed by atoms with Crippen LogP contribution in [0.4, 0.5) is 0 Å². The summed E-state index contributed by atoms with van der Waals surface area (Å²) in [4.78, 5) is 36.7. The largest absolute Gasteiger partial charge is 0.383 e. The van der Waals surface area contributed by atoms with Crippen molar-refractivity contribution in [3.8, 4) is 0 Å². The van der Waals surface area contributed by atoms with Crippen molar-refractivity contribution < 1.29 is 9.53 Å². The van der Waals surface area contributed by atoms with Gasteiger partial charge in [-0.25, -0.2) is 9.78 Å². The summed E-state index contributed by atoms with van der Waals surface area (Å²) in [6, 6.07) is 5.46. The Bertz CT molecular complexity index is 1090. The average Bonchev–Trinajstić information content (AvgIpc) is 3.03. The Morgan fingerprint density at radius 2 is 2.17 bits per heavy atom. The van der Waals surface area contributed by atoms with Crippen LogP contribution in [-0.4, -0.2) is 56.7 Å². The molecule has 1 saturated heterocycles. The highest BCUT2D eigenvalue weighted by Gasteiger charge is 2.29. The van der Waals surface area contributed by atoms with Gasteiger partial charge in [-0.15, -0.1) is 0 Å². The van der Waals surface area contributed by atoms with Gasteiger partial charge in [0.05, 0.1) is 30.3 Å². The van der Waals surface area contributed by atoms with Gasteiger partial charge in [-0.05, 0) is 43.5 Å². The van der Waals surface area contributed by atoms with Gasteiger partial charge < -0.3 is 9.64 Å². The molecular formula is C21H25N5O3. The highest BCUT2D eigenvalue weighted by Crippen LogP contribution is 2.25. The minimum atomic E-state index is -0.113. The summed E-state index contributed by atoms with van der Waals surface area (Å²) in [5.74, 6) is -0.0376. The molecular weight excluding hydrogens is 370 g/mol. The van der Waals surface area contributed by atoms with Gasteiger partial charge in [0.15, 0.2) is 5.65 Å². The lowest BCUT2D eigenvalue weighted by atomic mass is 10.0. The number of likely N-dealkylation sites (tertiary alicyclic amines) is 1. The van der Waals surface area contributed by atoms with E-state index in [1.807, 2.05) is 30.0 Å². The number of pyridine rings is 2. The van der Waals surface area contributed by atoms with E-state index in [2.05, 4.69) is 9.97 Å². The van der Waals surface area contributed by atoms with E-state index in [0.29, 0.717) is 37.5 Å². The molecule has 0 bridgehead atoms. The first-order valence-electron chi connectivity index (χ1n) is 9.86. The van der Waals surface area contributed by atoms with Gasteiger partial charge in [-0.2, -0.15) is 0 Å². The lowest BCUT2D eigenvalue weighted by Gasteiger charge is -2.33. The summed E-state index contributed by atoms with van der Waals surface area (Å²) in [5, 5.41) is 0. The van der Waals surface area contributed by atoms with Gasteiger partial charge in [-0.3, -0.25) is 18.9 Å². The minimum Gasteiger partial charge on any atom is -0.383 e. The lowest BCUT2D eigenvalue weighted by molar-refractivity contribution is 0.0677. The van der Waals surface area contributed by atoms with E-state index in [4.69, 9.17) is 4.74 Å². The van der Waals surface area contributed by atoms with Crippen molar-refractivity contribution >= 4 is 17.1 Å². The number of carbonyl (C=O) groups is 1. The molecule has 8 nitrogen and oxygen atoms in total. The standard InChI is InChI=1S/C21H25N5O3/c1-15-7-9-22-13-17(15)20(27)24-10-4-5-16(14-24)26-19-18(6-3-8-23-19)25(21(26)28)11-12-29-2/h3,6-9,13,16H,4-5,10-12,14H2,1-2H3/t16-/m0/s1. The second-order valence-corrected chi connectivity index (χ2v) is 7.38. The smallest absolute Gasteiger partial charge is 0.330 e. The van der Waals surface area contributed by atoms with E-state index in [-0.39, 0.29) is 17.6 Å². The predicted molar refractivity (Wildman–Crippen MR) is 109 cm³/mol. The van der Waals surface area contributed by atoms with Crippen LogP contribution in [0.1, 0.15) is 34.8 Å². The van der Waals surface area contributed by atoms with Crippen LogP contribution in [0.5, 0.6) is 0 Å². The normalized spacial score (nSPS) is 17.0. The average molecular weight is 395 g/mol. The molecule has 0 unspecified atom stereocenters. The highest BCUT2D eigenvalue weighted by molar-refractivity contribution is 5.95. The molecule has 0 spiro atoms. The van der Waals surface area contributed by atoms with Crippen molar-refractivity contribution in [1.29, 1.82) is 0 Å². The number of hydrogen-bond acceptors (Lipinski definition) is 5. The maximum absolute atomic E-state index is 13.2. The van der Waals surface area contributed by atoms with Crippen molar-refractivity contribution in [2.24, 2.45) is 0 Å². The Kier molecular flexibility index (Phi) is 5.44. The summed E-state index contributed by atoms with van der Waals surface area (Å²) >= 11 is 0. The van der Waals surface area contributed by atoms with Crippen LogP contribution >= 0.6 is 0 Å². The molecule has 1 aliphatic rings. The number of nitrogens with zero attached hydrogens (tertiary/aromatic N) is 5. The van der Waals surface area contributed by atoms with Crippen LogP contribution < -0.4 is 5.69 Å². The van der Waals surface area contributed by atoms with E-state index in [0.717, 1.165) is 23.9 Å². The maximum Gasteiger partial charge on any atom is 0.330 e. The van der Waals surface area contributed by atoms with E-state index in [1.165, 1.54) is 0 Å². The Morgan fingerprint density at radius 3 is 2.97 bits per heavy atom. The number of methoxy groups -OCH3 is 1. The maximum atomic E-state index is 13.2. The molecule has 4 rings (SSSR count). The Balaban J connectivity index is 1.68. The monoisotopic (exact) mass is 395 g/mol. The van der Waals surface area contributed by atoms with Crippen LogP contribution in [0, 0.1) is 6.92 Å². The van der Waals surface area contributed by atoms with Crippen LogP contribution in [0.15, 0.2) is 41.6 Å². The van der Waals surface area contributed by atoms with Gasteiger partial charge in [-0.1, -0.05) is 0 Å². The van der Waals surface area contributed by atoms with Crippen molar-refractivity contribution in [3.63, 3.8) is 0 Å². The summed E-state index contributed by atoms with van der Waals surface area (Å²) in [6.07, 6.45) is 6.66. The fourth-order valence-electron chi connectivity index (χ4n) is 4.04. The molecule has 3 aromatic heterocycles. The number of hydrogen-bond donors (Lipinski definition) is 0. The summed E-state index contributed by atoms with van der Waals surface area (Å²) in [7, 11) is 1.62. The van der Waals surface area contributed by atoms with E-state index >= 15 is 0 Å². The van der Waals surface area contributed by atoms with Crippen LogP contribution in [0.25, 0.3) is 11.2 Å². The summed E-state index contributed by atoms with van der Waals surface area (Å²) in [6.45, 7) is 3.98. The van der Waals surface area contributed by atoms with Gasteiger partial charge in [0.25, 0.3) is 5.91 Å². The number of amides is 1. The molecule has 3 aromatic rings. The number of aryl methyl sites for hydroxylation is 1. The zero-order valence-corrected chi connectivity index (χ0v) is 16.7. The van der Waals surface area contributed by atoms with Crippen molar-refractivity contribution in [3.05, 3.63) is 58.4 Å².